The summed E-state index contributed by atoms with van der Waals surface area (Å²) in [5.74, 6) is -1.11. The minimum atomic E-state index is -4.79. The lowest BCUT2D eigenvalue weighted by atomic mass is 10.1. The summed E-state index contributed by atoms with van der Waals surface area (Å²) in [6.45, 7) is 0.210. The summed E-state index contributed by atoms with van der Waals surface area (Å²) >= 11 is 0. The number of benzene rings is 2. The molecule has 2 heterocycles. The Labute approximate surface area is 186 Å². The number of nitrogens with one attached hydrogen (secondary N) is 1. The molecule has 1 N–H and O–H groups in total. The number of hydrogen-bond donors (Lipinski definition) is 1. The molecule has 1 saturated heterocycles. The average Bonchev–Trinajstić information content (AvgIpc) is 3.39. The van der Waals surface area contributed by atoms with E-state index < -0.39 is 12.3 Å². The molecular weight excluding hydrogens is 441 g/mol. The summed E-state index contributed by atoms with van der Waals surface area (Å²) in [7, 11) is 0. The molecule has 0 bridgehead atoms. The number of carbonyl (C=O) groups excluding carboxylic acids is 2. The molecule has 1 aromatic heterocycles. The summed E-state index contributed by atoms with van der Waals surface area (Å²) in [4.78, 5) is 26.0. The second-order valence-corrected chi connectivity index (χ2v) is 7.43. The third-order valence-corrected chi connectivity index (χ3v) is 5.03. The third-order valence-electron chi connectivity index (χ3n) is 5.03. The Hall–Kier alpha value is -3.89. The van der Waals surface area contributed by atoms with E-state index in [4.69, 9.17) is 4.42 Å². The van der Waals surface area contributed by atoms with E-state index in [2.05, 4.69) is 20.3 Å². The van der Waals surface area contributed by atoms with Crippen LogP contribution in [0.2, 0.25) is 0 Å². The molecule has 2 amide bonds. The lowest BCUT2D eigenvalue weighted by Crippen LogP contribution is -2.24. The highest BCUT2D eigenvalue weighted by Crippen LogP contribution is 2.33. The molecule has 1 unspecified atom stereocenters. The van der Waals surface area contributed by atoms with Gasteiger partial charge in [-0.15, -0.1) is 18.3 Å². The van der Waals surface area contributed by atoms with Gasteiger partial charge in [0.15, 0.2) is 0 Å². The summed E-state index contributed by atoms with van der Waals surface area (Å²) in [6.07, 6.45) is -3.90. The molecule has 0 radical (unpaired) electrons. The van der Waals surface area contributed by atoms with Crippen molar-refractivity contribution in [3.05, 3.63) is 66.1 Å². The van der Waals surface area contributed by atoms with Crippen molar-refractivity contribution in [1.82, 2.24) is 10.2 Å². The fraction of sp³-hybridized carbons (Fsp3) is 0.273. The molecule has 1 atom stereocenters. The van der Waals surface area contributed by atoms with Gasteiger partial charge in [0.25, 0.3) is 0 Å². The van der Waals surface area contributed by atoms with Crippen LogP contribution in [-0.2, 0) is 16.0 Å². The van der Waals surface area contributed by atoms with Gasteiger partial charge in [0.05, 0.1) is 5.92 Å². The van der Waals surface area contributed by atoms with Crippen LogP contribution in [0.5, 0.6) is 5.75 Å². The van der Waals surface area contributed by atoms with E-state index in [1.807, 2.05) is 30.3 Å². The highest BCUT2D eigenvalue weighted by atomic mass is 19.4. The Kier molecular flexibility index (Phi) is 6.29. The van der Waals surface area contributed by atoms with Crippen molar-refractivity contribution in [3.8, 4) is 5.75 Å². The van der Waals surface area contributed by atoms with Crippen molar-refractivity contribution in [3.63, 3.8) is 0 Å². The number of amides is 2. The maximum absolute atomic E-state index is 12.4. The van der Waals surface area contributed by atoms with Crippen molar-refractivity contribution in [2.75, 3.05) is 16.8 Å². The zero-order valence-corrected chi connectivity index (χ0v) is 17.2. The van der Waals surface area contributed by atoms with Crippen LogP contribution in [-0.4, -0.2) is 34.9 Å². The van der Waals surface area contributed by atoms with Crippen LogP contribution >= 0.6 is 0 Å². The molecule has 0 aliphatic carbocycles. The number of alkyl halides is 3. The largest absolute Gasteiger partial charge is 0.573 e. The molecule has 11 heteroatoms. The van der Waals surface area contributed by atoms with E-state index in [-0.39, 0.29) is 48.9 Å². The lowest BCUT2D eigenvalue weighted by molar-refractivity contribution is -0.274. The highest BCUT2D eigenvalue weighted by molar-refractivity contribution is 5.96. The van der Waals surface area contributed by atoms with Crippen LogP contribution in [0.15, 0.2) is 59.0 Å². The first-order chi connectivity index (χ1) is 15.8. The van der Waals surface area contributed by atoms with Crippen LogP contribution in [0.3, 0.4) is 0 Å². The van der Waals surface area contributed by atoms with Crippen molar-refractivity contribution in [2.45, 2.75) is 31.5 Å². The Balaban J connectivity index is 1.33. The Morgan fingerprint density at radius 2 is 1.85 bits per heavy atom. The molecule has 0 saturated carbocycles. The van der Waals surface area contributed by atoms with Gasteiger partial charge in [-0.05, 0) is 36.2 Å². The van der Waals surface area contributed by atoms with E-state index >= 15 is 0 Å². The first kappa shape index (κ1) is 22.3. The summed E-state index contributed by atoms with van der Waals surface area (Å²) in [6, 6.07) is 14.5. The third kappa shape index (κ3) is 5.88. The number of hydrogen-bond acceptors (Lipinski definition) is 6. The van der Waals surface area contributed by atoms with E-state index in [9.17, 15) is 22.8 Å². The molecule has 2 aromatic carbocycles. The summed E-state index contributed by atoms with van der Waals surface area (Å²) in [5, 5.41) is 10.3. The SMILES string of the molecule is O=C(CCc1ccccc1)Nc1nnc(C2CC(=O)N(c3ccc(OC(F)(F)F)cc3)C2)o1. The number of ether oxygens (including phenoxy) is 1. The Bertz CT molecular complexity index is 1120. The molecule has 172 valence electrons. The van der Waals surface area contributed by atoms with Gasteiger partial charge < -0.3 is 14.1 Å². The second-order valence-electron chi connectivity index (χ2n) is 7.43. The number of aromatic nitrogens is 2. The molecule has 0 spiro atoms. The first-order valence-electron chi connectivity index (χ1n) is 10.1. The molecular formula is C22H19F3N4O4. The molecule has 33 heavy (non-hydrogen) atoms. The maximum Gasteiger partial charge on any atom is 0.573 e. The van der Waals surface area contributed by atoms with Crippen LogP contribution in [0, 0.1) is 0 Å². The van der Waals surface area contributed by atoms with Gasteiger partial charge in [-0.1, -0.05) is 35.4 Å². The van der Waals surface area contributed by atoms with Crippen molar-refractivity contribution in [2.24, 2.45) is 0 Å². The minimum absolute atomic E-state index is 0.0531. The lowest BCUT2D eigenvalue weighted by Gasteiger charge is -2.17. The molecule has 1 aliphatic rings. The standard InChI is InChI=1S/C22H19F3N4O4/c23-22(24,25)33-17-9-7-16(8-10-17)29-13-15(12-19(29)31)20-27-28-21(32-20)26-18(30)11-6-14-4-2-1-3-5-14/h1-5,7-10,15H,6,11-13H2,(H,26,28,30). The van der Waals surface area contributed by atoms with Crippen molar-refractivity contribution >= 4 is 23.5 Å². The predicted octanol–water partition coefficient (Wildman–Crippen LogP) is 4.06. The zero-order chi connectivity index (χ0) is 23.4. The van der Waals surface area contributed by atoms with Crippen molar-refractivity contribution < 1.29 is 31.9 Å². The van der Waals surface area contributed by atoms with E-state index in [0.29, 0.717) is 12.1 Å². The number of aryl methyl sites for hydroxylation is 1. The monoisotopic (exact) mass is 460 g/mol. The fourth-order valence-electron chi connectivity index (χ4n) is 3.48. The summed E-state index contributed by atoms with van der Waals surface area (Å²) in [5.41, 5.74) is 1.45. The topological polar surface area (TPSA) is 97.6 Å². The molecule has 4 rings (SSSR count). The number of halogens is 3. The quantitative estimate of drug-likeness (QED) is 0.571. The number of nitrogens with zero attached hydrogens (tertiary/aromatic N) is 3. The van der Waals surface area contributed by atoms with Gasteiger partial charge in [0.2, 0.25) is 17.7 Å². The number of rotatable bonds is 7. The van der Waals surface area contributed by atoms with Crippen LogP contribution < -0.4 is 15.0 Å². The highest BCUT2D eigenvalue weighted by Gasteiger charge is 2.35. The second kappa shape index (κ2) is 9.31. The summed E-state index contributed by atoms with van der Waals surface area (Å²) < 4.78 is 46.3. The molecule has 8 nitrogen and oxygen atoms in total. The number of carbonyl (C=O) groups is 2. The predicted molar refractivity (Wildman–Crippen MR) is 111 cm³/mol. The minimum Gasteiger partial charge on any atom is -0.407 e. The van der Waals surface area contributed by atoms with Gasteiger partial charge in [-0.25, -0.2) is 0 Å². The maximum atomic E-state index is 12.4. The first-order valence-corrected chi connectivity index (χ1v) is 10.1. The van der Waals surface area contributed by atoms with Gasteiger partial charge in [-0.2, -0.15) is 0 Å². The van der Waals surface area contributed by atoms with Crippen LogP contribution in [0.4, 0.5) is 24.9 Å². The van der Waals surface area contributed by atoms with E-state index in [0.717, 1.165) is 17.7 Å². The zero-order valence-electron chi connectivity index (χ0n) is 17.2. The average molecular weight is 460 g/mol. The van der Waals surface area contributed by atoms with E-state index in [1.165, 1.54) is 17.0 Å². The molecule has 1 aliphatic heterocycles. The van der Waals surface area contributed by atoms with Gasteiger partial charge in [0, 0.05) is 25.1 Å². The van der Waals surface area contributed by atoms with Crippen LogP contribution in [0.1, 0.15) is 30.2 Å². The molecule has 3 aromatic rings. The van der Waals surface area contributed by atoms with Crippen LogP contribution in [0.25, 0.3) is 0 Å². The normalized spacial score (nSPS) is 16.2. The fourth-order valence-corrected chi connectivity index (χ4v) is 3.48. The van der Waals surface area contributed by atoms with Gasteiger partial charge in [-0.3, -0.25) is 14.9 Å². The Morgan fingerprint density at radius 1 is 1.12 bits per heavy atom. The molecule has 1 fully saturated rings. The van der Waals surface area contributed by atoms with Gasteiger partial charge >= 0.3 is 12.4 Å². The van der Waals surface area contributed by atoms with E-state index in [1.54, 1.807) is 0 Å². The van der Waals surface area contributed by atoms with Crippen molar-refractivity contribution in [1.29, 1.82) is 0 Å². The van der Waals surface area contributed by atoms with Gasteiger partial charge in [0.1, 0.15) is 5.75 Å². The Morgan fingerprint density at radius 3 is 2.55 bits per heavy atom. The smallest absolute Gasteiger partial charge is 0.407 e. The number of anilines is 2.